The summed E-state index contributed by atoms with van der Waals surface area (Å²) in [7, 11) is 0. The standard InChI is InChI=1S/C16H14F3NO4/c17-16(18,19)24-14-4-2-1-3-10(14)7-8-20-11-5-6-13(21)12(9-11)15(22)23/h1-6,9,20-21H,7-8H2,(H,22,23). The number of halogens is 3. The van der Waals surface area contributed by atoms with Crippen LogP contribution in [0.3, 0.4) is 0 Å². The van der Waals surface area contributed by atoms with Crippen LogP contribution < -0.4 is 10.1 Å². The summed E-state index contributed by atoms with van der Waals surface area (Å²) in [4.78, 5) is 10.9. The molecule has 0 aromatic heterocycles. The number of ether oxygens (including phenoxy) is 1. The van der Waals surface area contributed by atoms with E-state index in [2.05, 4.69) is 10.1 Å². The number of carbonyl (C=O) groups is 1. The van der Waals surface area contributed by atoms with Gasteiger partial charge in [0.25, 0.3) is 0 Å². The average Bonchev–Trinajstić information content (AvgIpc) is 2.49. The van der Waals surface area contributed by atoms with E-state index in [9.17, 15) is 23.1 Å². The molecule has 5 nitrogen and oxygen atoms in total. The van der Waals surface area contributed by atoms with Gasteiger partial charge in [-0.05, 0) is 36.2 Å². The van der Waals surface area contributed by atoms with Gasteiger partial charge in [-0.1, -0.05) is 18.2 Å². The average molecular weight is 341 g/mol. The van der Waals surface area contributed by atoms with E-state index < -0.39 is 12.3 Å². The first-order valence-electron chi connectivity index (χ1n) is 6.90. The van der Waals surface area contributed by atoms with Gasteiger partial charge in [0.15, 0.2) is 0 Å². The van der Waals surface area contributed by atoms with Crippen molar-refractivity contribution in [2.24, 2.45) is 0 Å². The smallest absolute Gasteiger partial charge is 0.507 e. The van der Waals surface area contributed by atoms with Crippen LogP contribution in [-0.2, 0) is 6.42 Å². The summed E-state index contributed by atoms with van der Waals surface area (Å²) >= 11 is 0. The molecule has 2 aromatic carbocycles. The first-order valence-corrected chi connectivity index (χ1v) is 6.90. The lowest BCUT2D eigenvalue weighted by Gasteiger charge is -2.14. The summed E-state index contributed by atoms with van der Waals surface area (Å²) in [5.41, 5.74) is 0.528. The second kappa shape index (κ2) is 7.12. The van der Waals surface area contributed by atoms with Crippen molar-refractivity contribution < 1.29 is 32.9 Å². The van der Waals surface area contributed by atoms with Crippen LogP contribution in [-0.4, -0.2) is 29.1 Å². The highest BCUT2D eigenvalue weighted by molar-refractivity contribution is 5.91. The zero-order valence-corrected chi connectivity index (χ0v) is 12.3. The molecule has 0 aliphatic heterocycles. The minimum Gasteiger partial charge on any atom is -0.507 e. The molecule has 2 rings (SSSR count). The zero-order chi connectivity index (χ0) is 17.7. The molecule has 8 heteroatoms. The Morgan fingerprint density at radius 1 is 1.17 bits per heavy atom. The SMILES string of the molecule is O=C(O)c1cc(NCCc2ccccc2OC(F)(F)F)ccc1O. The Bertz CT molecular complexity index is 732. The largest absolute Gasteiger partial charge is 0.573 e. The molecule has 3 N–H and O–H groups in total. The highest BCUT2D eigenvalue weighted by Gasteiger charge is 2.31. The van der Waals surface area contributed by atoms with Crippen LogP contribution in [0.25, 0.3) is 0 Å². The molecule has 0 radical (unpaired) electrons. The Hall–Kier alpha value is -2.90. The monoisotopic (exact) mass is 341 g/mol. The third-order valence-electron chi connectivity index (χ3n) is 3.15. The van der Waals surface area contributed by atoms with Crippen LogP contribution in [0.1, 0.15) is 15.9 Å². The van der Waals surface area contributed by atoms with E-state index in [4.69, 9.17) is 5.11 Å². The number of carboxylic acids is 1. The molecule has 0 fully saturated rings. The van der Waals surface area contributed by atoms with Crippen LogP contribution in [0, 0.1) is 0 Å². The van der Waals surface area contributed by atoms with Gasteiger partial charge in [0.2, 0.25) is 0 Å². The molecule has 24 heavy (non-hydrogen) atoms. The number of phenols is 1. The molecule has 0 atom stereocenters. The predicted octanol–water partition coefficient (Wildman–Crippen LogP) is 3.64. The number of para-hydroxylation sites is 1. The normalized spacial score (nSPS) is 11.1. The van der Waals surface area contributed by atoms with Gasteiger partial charge >= 0.3 is 12.3 Å². The predicted molar refractivity (Wildman–Crippen MR) is 80.4 cm³/mol. The molecule has 0 saturated heterocycles. The molecule has 128 valence electrons. The van der Waals surface area contributed by atoms with Gasteiger partial charge < -0.3 is 20.3 Å². The van der Waals surface area contributed by atoms with Gasteiger partial charge in [0.05, 0.1) is 0 Å². The number of benzene rings is 2. The van der Waals surface area contributed by atoms with Crippen LogP contribution in [0.15, 0.2) is 42.5 Å². The lowest BCUT2D eigenvalue weighted by atomic mass is 10.1. The minimum absolute atomic E-state index is 0.232. The molecule has 0 aliphatic rings. The number of carboxylic acid groups (broad SMARTS) is 1. The van der Waals surface area contributed by atoms with Crippen LogP contribution >= 0.6 is 0 Å². The third kappa shape index (κ3) is 4.80. The highest BCUT2D eigenvalue weighted by atomic mass is 19.4. The number of hydrogen-bond donors (Lipinski definition) is 3. The number of hydrogen-bond acceptors (Lipinski definition) is 4. The number of rotatable bonds is 6. The lowest BCUT2D eigenvalue weighted by Crippen LogP contribution is -2.18. The van der Waals surface area contributed by atoms with Crippen molar-refractivity contribution in [2.45, 2.75) is 12.8 Å². The molecule has 0 spiro atoms. The van der Waals surface area contributed by atoms with Gasteiger partial charge in [-0.25, -0.2) is 4.79 Å². The van der Waals surface area contributed by atoms with Crippen molar-refractivity contribution in [2.75, 3.05) is 11.9 Å². The van der Waals surface area contributed by atoms with E-state index in [0.717, 1.165) is 0 Å². The van der Waals surface area contributed by atoms with Gasteiger partial charge in [-0.3, -0.25) is 0 Å². The topological polar surface area (TPSA) is 78.8 Å². The maximum Gasteiger partial charge on any atom is 0.573 e. The second-order valence-electron chi connectivity index (χ2n) is 4.87. The number of aromatic carboxylic acids is 1. The van der Waals surface area contributed by atoms with Crippen molar-refractivity contribution in [3.63, 3.8) is 0 Å². The molecule has 0 heterocycles. The molecular weight excluding hydrogens is 327 g/mol. The van der Waals surface area contributed by atoms with E-state index in [0.29, 0.717) is 11.3 Å². The highest BCUT2D eigenvalue weighted by Crippen LogP contribution is 2.27. The molecule has 0 bridgehead atoms. The molecule has 0 amide bonds. The van der Waals surface area contributed by atoms with Crippen molar-refractivity contribution in [1.82, 2.24) is 0 Å². The fourth-order valence-corrected chi connectivity index (χ4v) is 2.09. The lowest BCUT2D eigenvalue weighted by molar-refractivity contribution is -0.274. The summed E-state index contributed by atoms with van der Waals surface area (Å²) in [6, 6.07) is 9.73. The number of aromatic hydroxyl groups is 1. The minimum atomic E-state index is -4.77. The number of anilines is 1. The molecule has 0 unspecified atom stereocenters. The molecular formula is C16H14F3NO4. The summed E-state index contributed by atoms with van der Waals surface area (Å²) in [5, 5.41) is 21.2. The van der Waals surface area contributed by atoms with Crippen LogP contribution in [0.5, 0.6) is 11.5 Å². The first-order chi connectivity index (χ1) is 11.3. The summed E-state index contributed by atoms with van der Waals surface area (Å²) < 4.78 is 41.0. The van der Waals surface area contributed by atoms with Crippen molar-refractivity contribution >= 4 is 11.7 Å². The zero-order valence-electron chi connectivity index (χ0n) is 12.3. The fraction of sp³-hybridized carbons (Fsp3) is 0.188. The van der Waals surface area contributed by atoms with E-state index in [1.54, 1.807) is 6.07 Å². The van der Waals surface area contributed by atoms with E-state index in [1.807, 2.05) is 0 Å². The fourth-order valence-electron chi connectivity index (χ4n) is 2.09. The maximum atomic E-state index is 12.3. The second-order valence-corrected chi connectivity index (χ2v) is 4.87. The van der Waals surface area contributed by atoms with Crippen molar-refractivity contribution in [3.8, 4) is 11.5 Å². The van der Waals surface area contributed by atoms with Gasteiger partial charge in [-0.2, -0.15) is 0 Å². The van der Waals surface area contributed by atoms with Crippen molar-refractivity contribution in [3.05, 3.63) is 53.6 Å². The van der Waals surface area contributed by atoms with Crippen LogP contribution in [0.2, 0.25) is 0 Å². The van der Waals surface area contributed by atoms with Gasteiger partial charge in [0.1, 0.15) is 17.1 Å². The van der Waals surface area contributed by atoms with Crippen molar-refractivity contribution in [1.29, 1.82) is 0 Å². The quantitative estimate of drug-likeness (QED) is 0.699. The van der Waals surface area contributed by atoms with E-state index in [1.165, 1.54) is 36.4 Å². The number of nitrogens with one attached hydrogen (secondary N) is 1. The maximum absolute atomic E-state index is 12.3. The van der Waals surface area contributed by atoms with E-state index in [-0.39, 0.29) is 30.0 Å². The summed E-state index contributed by atoms with van der Waals surface area (Å²) in [6.07, 6.45) is -4.54. The van der Waals surface area contributed by atoms with Crippen LogP contribution in [0.4, 0.5) is 18.9 Å². The van der Waals surface area contributed by atoms with E-state index >= 15 is 0 Å². The third-order valence-corrected chi connectivity index (χ3v) is 3.15. The first kappa shape index (κ1) is 17.5. The molecule has 2 aromatic rings. The van der Waals surface area contributed by atoms with Gasteiger partial charge in [-0.15, -0.1) is 13.2 Å². The molecule has 0 saturated carbocycles. The molecule has 0 aliphatic carbocycles. The Morgan fingerprint density at radius 2 is 1.88 bits per heavy atom. The van der Waals surface area contributed by atoms with Gasteiger partial charge in [0, 0.05) is 12.2 Å². The summed E-state index contributed by atoms with van der Waals surface area (Å²) in [5.74, 6) is -1.92. The summed E-state index contributed by atoms with van der Waals surface area (Å²) in [6.45, 7) is 0.252. The number of alkyl halides is 3. The Kier molecular flexibility index (Phi) is 5.18. The Balaban J connectivity index is 2.03. The Morgan fingerprint density at radius 3 is 2.54 bits per heavy atom. The Labute approximate surface area is 135 Å².